The van der Waals surface area contributed by atoms with E-state index in [0.717, 1.165) is 0 Å². The Balaban J connectivity index is 1.61. The van der Waals surface area contributed by atoms with E-state index in [2.05, 4.69) is 25.9 Å². The number of amides is 2. The molecule has 0 saturated carbocycles. The standard InChI is InChI=1S/C17H19N5O4S/c1-11(23)20-13-3-2-4-14(7-13)21-16(24)12-8-18-17(19-9-12)22-15-5-6-27(25,26)10-15/h2-4,7-9,15H,5-6,10H2,1H3,(H,20,23)(H,21,24)(H,18,19,22). The van der Waals surface area contributed by atoms with Crippen molar-refractivity contribution in [2.75, 3.05) is 27.5 Å². The Bertz CT molecular complexity index is 960. The van der Waals surface area contributed by atoms with Gasteiger partial charge in [0.15, 0.2) is 9.84 Å². The molecule has 9 nitrogen and oxygen atoms in total. The predicted octanol–water partition coefficient (Wildman–Crippen LogP) is 1.29. The molecule has 1 saturated heterocycles. The fourth-order valence-electron chi connectivity index (χ4n) is 2.69. The maximum atomic E-state index is 12.3. The quantitative estimate of drug-likeness (QED) is 0.702. The van der Waals surface area contributed by atoms with Crippen molar-refractivity contribution in [1.29, 1.82) is 0 Å². The van der Waals surface area contributed by atoms with E-state index in [1.807, 2.05) is 0 Å². The van der Waals surface area contributed by atoms with E-state index >= 15 is 0 Å². The van der Waals surface area contributed by atoms with Gasteiger partial charge in [-0.1, -0.05) is 6.07 Å². The second kappa shape index (κ2) is 7.70. The molecule has 1 aromatic carbocycles. The molecule has 2 amide bonds. The van der Waals surface area contributed by atoms with Crippen LogP contribution < -0.4 is 16.0 Å². The summed E-state index contributed by atoms with van der Waals surface area (Å²) in [6.45, 7) is 1.40. The number of carbonyl (C=O) groups is 2. The highest BCUT2D eigenvalue weighted by molar-refractivity contribution is 7.91. The van der Waals surface area contributed by atoms with Crippen molar-refractivity contribution in [2.45, 2.75) is 19.4 Å². The molecule has 2 heterocycles. The van der Waals surface area contributed by atoms with Crippen molar-refractivity contribution in [2.24, 2.45) is 0 Å². The van der Waals surface area contributed by atoms with Gasteiger partial charge in [0.1, 0.15) is 0 Å². The summed E-state index contributed by atoms with van der Waals surface area (Å²) in [5.41, 5.74) is 1.34. The minimum absolute atomic E-state index is 0.0588. The van der Waals surface area contributed by atoms with Gasteiger partial charge in [0.05, 0.1) is 17.1 Å². The first-order valence-corrected chi connectivity index (χ1v) is 10.1. The molecule has 10 heteroatoms. The Morgan fingerprint density at radius 3 is 2.37 bits per heavy atom. The van der Waals surface area contributed by atoms with Crippen molar-refractivity contribution in [1.82, 2.24) is 9.97 Å². The summed E-state index contributed by atoms with van der Waals surface area (Å²) >= 11 is 0. The Morgan fingerprint density at radius 2 is 1.78 bits per heavy atom. The average Bonchev–Trinajstić information content (AvgIpc) is 2.93. The number of nitrogens with zero attached hydrogens (tertiary/aromatic N) is 2. The second-order valence-electron chi connectivity index (χ2n) is 6.26. The Labute approximate surface area is 156 Å². The molecular formula is C17H19N5O4S. The van der Waals surface area contributed by atoms with Crippen LogP contribution in [0.3, 0.4) is 0 Å². The number of aromatic nitrogens is 2. The lowest BCUT2D eigenvalue weighted by atomic mass is 10.2. The zero-order chi connectivity index (χ0) is 19.4. The fraction of sp³-hybridized carbons (Fsp3) is 0.294. The van der Waals surface area contributed by atoms with Crippen molar-refractivity contribution >= 4 is 39.0 Å². The van der Waals surface area contributed by atoms with Gasteiger partial charge in [-0.25, -0.2) is 18.4 Å². The van der Waals surface area contributed by atoms with Gasteiger partial charge in [-0.15, -0.1) is 0 Å². The number of sulfone groups is 1. The van der Waals surface area contributed by atoms with Crippen LogP contribution in [0.5, 0.6) is 0 Å². The molecule has 1 fully saturated rings. The van der Waals surface area contributed by atoms with Crippen molar-refractivity contribution in [3.63, 3.8) is 0 Å². The topological polar surface area (TPSA) is 130 Å². The fourth-order valence-corrected chi connectivity index (χ4v) is 4.37. The summed E-state index contributed by atoms with van der Waals surface area (Å²) in [5, 5.41) is 8.31. The van der Waals surface area contributed by atoms with E-state index in [9.17, 15) is 18.0 Å². The molecule has 2 aromatic rings. The van der Waals surface area contributed by atoms with Crippen LogP contribution in [0.4, 0.5) is 17.3 Å². The van der Waals surface area contributed by atoms with E-state index < -0.39 is 15.7 Å². The third kappa shape index (κ3) is 5.23. The first-order chi connectivity index (χ1) is 12.8. The third-order valence-corrected chi connectivity index (χ3v) is 5.69. The van der Waals surface area contributed by atoms with Crippen LogP contribution in [0.15, 0.2) is 36.7 Å². The molecule has 1 aromatic heterocycles. The molecule has 1 aliphatic rings. The molecule has 0 bridgehead atoms. The third-order valence-electron chi connectivity index (χ3n) is 3.92. The summed E-state index contributed by atoms with van der Waals surface area (Å²) in [5.74, 6) is -0.109. The minimum Gasteiger partial charge on any atom is -0.350 e. The van der Waals surface area contributed by atoms with E-state index in [-0.39, 0.29) is 35.0 Å². The minimum atomic E-state index is -2.99. The molecule has 0 aliphatic carbocycles. The molecule has 1 unspecified atom stereocenters. The summed E-state index contributed by atoms with van der Waals surface area (Å²) < 4.78 is 22.9. The molecule has 0 spiro atoms. The van der Waals surface area contributed by atoms with Gasteiger partial charge < -0.3 is 16.0 Å². The molecule has 1 atom stereocenters. The van der Waals surface area contributed by atoms with Gasteiger partial charge in [-0.2, -0.15) is 0 Å². The van der Waals surface area contributed by atoms with Gasteiger partial charge >= 0.3 is 0 Å². The maximum Gasteiger partial charge on any atom is 0.258 e. The van der Waals surface area contributed by atoms with Crippen LogP contribution >= 0.6 is 0 Å². The van der Waals surface area contributed by atoms with Crippen LogP contribution in [0, 0.1) is 0 Å². The Morgan fingerprint density at radius 1 is 1.11 bits per heavy atom. The lowest BCUT2D eigenvalue weighted by molar-refractivity contribution is -0.114. The first-order valence-electron chi connectivity index (χ1n) is 8.29. The van der Waals surface area contributed by atoms with Crippen molar-refractivity contribution in [3.05, 3.63) is 42.2 Å². The van der Waals surface area contributed by atoms with E-state index in [1.54, 1.807) is 24.3 Å². The number of carbonyl (C=O) groups excluding carboxylic acids is 2. The lowest BCUT2D eigenvalue weighted by Crippen LogP contribution is -2.22. The number of nitrogens with one attached hydrogen (secondary N) is 3. The highest BCUT2D eigenvalue weighted by atomic mass is 32.2. The van der Waals surface area contributed by atoms with Gasteiger partial charge in [-0.05, 0) is 24.6 Å². The number of rotatable bonds is 5. The maximum absolute atomic E-state index is 12.3. The van der Waals surface area contributed by atoms with Crippen LogP contribution in [-0.4, -0.2) is 47.7 Å². The van der Waals surface area contributed by atoms with Crippen LogP contribution in [0.1, 0.15) is 23.7 Å². The molecule has 142 valence electrons. The van der Waals surface area contributed by atoms with Gasteiger partial charge in [0, 0.05) is 36.7 Å². The van der Waals surface area contributed by atoms with Crippen LogP contribution in [-0.2, 0) is 14.6 Å². The Kier molecular flexibility index (Phi) is 5.36. The average molecular weight is 389 g/mol. The monoisotopic (exact) mass is 389 g/mol. The zero-order valence-corrected chi connectivity index (χ0v) is 15.4. The zero-order valence-electron chi connectivity index (χ0n) is 14.6. The molecule has 3 rings (SSSR count). The largest absolute Gasteiger partial charge is 0.350 e. The van der Waals surface area contributed by atoms with E-state index in [1.165, 1.54) is 19.3 Å². The van der Waals surface area contributed by atoms with Crippen LogP contribution in [0.2, 0.25) is 0 Å². The number of hydrogen-bond donors (Lipinski definition) is 3. The van der Waals surface area contributed by atoms with Gasteiger partial charge in [0.25, 0.3) is 5.91 Å². The van der Waals surface area contributed by atoms with Crippen LogP contribution in [0.25, 0.3) is 0 Å². The van der Waals surface area contributed by atoms with Crippen molar-refractivity contribution < 1.29 is 18.0 Å². The molecular weight excluding hydrogens is 370 g/mol. The van der Waals surface area contributed by atoms with E-state index in [0.29, 0.717) is 17.8 Å². The van der Waals surface area contributed by atoms with E-state index in [4.69, 9.17) is 0 Å². The summed E-state index contributed by atoms with van der Waals surface area (Å²) in [7, 11) is -2.99. The lowest BCUT2D eigenvalue weighted by Gasteiger charge is -2.11. The summed E-state index contributed by atoms with van der Waals surface area (Å²) in [4.78, 5) is 31.6. The first kappa shape index (κ1) is 18.8. The molecule has 3 N–H and O–H groups in total. The predicted molar refractivity (Wildman–Crippen MR) is 101 cm³/mol. The van der Waals surface area contributed by atoms with Gasteiger partial charge in [-0.3, -0.25) is 9.59 Å². The second-order valence-corrected chi connectivity index (χ2v) is 8.48. The molecule has 27 heavy (non-hydrogen) atoms. The van der Waals surface area contributed by atoms with Gasteiger partial charge in [0.2, 0.25) is 11.9 Å². The SMILES string of the molecule is CC(=O)Nc1cccc(NC(=O)c2cnc(NC3CCS(=O)(=O)C3)nc2)c1. The highest BCUT2D eigenvalue weighted by Gasteiger charge is 2.28. The highest BCUT2D eigenvalue weighted by Crippen LogP contribution is 2.17. The Hall–Kier alpha value is -3.01. The molecule has 1 aliphatic heterocycles. The normalized spacial score (nSPS) is 17.9. The number of hydrogen-bond acceptors (Lipinski definition) is 7. The number of anilines is 3. The number of benzene rings is 1. The summed E-state index contributed by atoms with van der Waals surface area (Å²) in [6.07, 6.45) is 3.25. The summed E-state index contributed by atoms with van der Waals surface area (Å²) in [6, 6.07) is 6.53. The smallest absolute Gasteiger partial charge is 0.258 e. The van der Waals surface area contributed by atoms with Crippen molar-refractivity contribution in [3.8, 4) is 0 Å². The molecule has 0 radical (unpaired) electrons.